The number of unbranched alkanes of at least 4 members (excludes halogenated alkanes) is 1. The summed E-state index contributed by atoms with van der Waals surface area (Å²) in [6, 6.07) is 0. The van der Waals surface area contributed by atoms with Gasteiger partial charge in [-0.2, -0.15) is 0 Å². The Hall–Kier alpha value is 0.960. The maximum absolute atomic E-state index is 7.62. The molecule has 0 spiro atoms. The molecule has 0 rings (SSSR count). The zero-order valence-electron chi connectivity index (χ0n) is 7.03. The third-order valence-electron chi connectivity index (χ3n) is 1.13. The molecule has 4 heteroatoms. The summed E-state index contributed by atoms with van der Waals surface area (Å²) < 4.78 is 7.13. The summed E-state index contributed by atoms with van der Waals surface area (Å²) >= 11 is -0.124. The van der Waals surface area contributed by atoms with Gasteiger partial charge in [-0.15, -0.1) is 0 Å². The van der Waals surface area contributed by atoms with Gasteiger partial charge in [0.1, 0.15) is 0 Å². The quantitative estimate of drug-likeness (QED) is 0.372. The molecule has 2 nitrogen and oxygen atoms in total. The summed E-state index contributed by atoms with van der Waals surface area (Å²) in [6.07, 6.45) is 3.40. The molecule has 0 saturated carbocycles. The Morgan fingerprint density at radius 1 is 1.73 bits per heavy atom. The monoisotopic (exact) mass is 381 g/mol. The molecule has 1 N–H and O–H groups in total. The maximum atomic E-state index is 7.62. The average molecular weight is 381 g/mol. The van der Waals surface area contributed by atoms with Crippen LogP contribution in [-0.2, 0) is 0 Å². The Balaban J connectivity index is 3.43. The van der Waals surface area contributed by atoms with Crippen LogP contribution in [0.25, 0.3) is 0 Å². The van der Waals surface area contributed by atoms with Crippen LogP contribution >= 0.6 is 21.0 Å². The predicted molar refractivity (Wildman–Crippen MR) is 56.2 cm³/mol. The molecule has 0 bridgehead atoms. The van der Waals surface area contributed by atoms with Gasteiger partial charge >= 0.3 is 90.7 Å². The molecule has 0 aromatic rings. The topological polar surface area (TPSA) is 27.1 Å². The zero-order valence-corrected chi connectivity index (χ0v) is 11.3. The van der Waals surface area contributed by atoms with E-state index >= 15 is 0 Å². The summed E-state index contributed by atoms with van der Waals surface area (Å²) in [5, 5.41) is 7.62. The van der Waals surface area contributed by atoms with Crippen molar-refractivity contribution in [1.82, 2.24) is 1.33 Å². The molecule has 0 amide bonds. The van der Waals surface area contributed by atoms with Gasteiger partial charge in [-0.3, -0.25) is 0 Å². The van der Waals surface area contributed by atoms with Crippen LogP contribution in [0.15, 0.2) is 0 Å². The van der Waals surface area contributed by atoms with Gasteiger partial charge in [0.2, 0.25) is 0 Å². The third kappa shape index (κ3) is 7.32. The summed E-state index contributed by atoms with van der Waals surface area (Å²) in [7, 11) is 2.09. The second-order valence-electron chi connectivity index (χ2n) is 2.11. The van der Waals surface area contributed by atoms with Crippen molar-refractivity contribution in [2.45, 2.75) is 26.2 Å². The first-order valence-corrected chi connectivity index (χ1v) is 8.09. The molecule has 0 unspecified atom stereocenters. The Bertz CT molecular complexity index is 136. The van der Waals surface area contributed by atoms with Crippen LogP contribution in [0, 0.1) is 5.41 Å². The fourth-order valence-corrected chi connectivity index (χ4v) is 4.43. The standard InChI is InChI=1S/C7H15I2N2/c1-4-5-6-7(10)9-11(3)8-2/h10H,2,4-6H2,1,3H3/q-1. The second kappa shape index (κ2) is 7.60. The van der Waals surface area contributed by atoms with Crippen LogP contribution in [0.5, 0.6) is 0 Å². The Morgan fingerprint density at radius 2 is 2.36 bits per heavy atom. The van der Waals surface area contributed by atoms with E-state index in [0.717, 1.165) is 10.1 Å². The van der Waals surface area contributed by atoms with E-state index < -0.39 is 0 Å². The van der Waals surface area contributed by atoms with E-state index in [-0.39, 0.29) is 42.5 Å². The Labute approximate surface area is 90.0 Å². The van der Waals surface area contributed by atoms with Gasteiger partial charge in [-0.25, -0.2) is 0 Å². The molecule has 0 saturated heterocycles. The van der Waals surface area contributed by atoms with Gasteiger partial charge in [0, 0.05) is 0 Å². The predicted octanol–water partition coefficient (Wildman–Crippen LogP) is -0.593. The normalized spacial score (nSPS) is 10.8. The van der Waals surface area contributed by atoms with E-state index in [9.17, 15) is 0 Å². The van der Waals surface area contributed by atoms with E-state index in [0.29, 0.717) is 0 Å². The average Bonchev–Trinajstić information content (AvgIpc) is 2.00. The molecular weight excluding hydrogens is 366 g/mol. The van der Waals surface area contributed by atoms with Gasteiger partial charge in [0.25, 0.3) is 0 Å². The first kappa shape index (κ1) is 12.0. The first-order valence-electron chi connectivity index (χ1n) is 3.55. The number of hydrogen-bond acceptors (Lipinski definition) is 2. The fraction of sp³-hybridized carbons (Fsp3) is 0.714. The van der Waals surface area contributed by atoms with Crippen molar-refractivity contribution in [3.8, 4) is 0 Å². The summed E-state index contributed by atoms with van der Waals surface area (Å²) in [4.78, 5) is 0. The molecule has 0 aliphatic heterocycles. The molecule has 0 radical (unpaired) electrons. The van der Waals surface area contributed by atoms with Crippen molar-refractivity contribution in [2.75, 3.05) is 7.05 Å². The van der Waals surface area contributed by atoms with Gasteiger partial charge in [0.05, 0.1) is 0 Å². The van der Waals surface area contributed by atoms with Crippen molar-refractivity contribution in [2.24, 2.45) is 0 Å². The fourth-order valence-electron chi connectivity index (χ4n) is 0.537. The number of halogens is 2. The SMILES string of the molecule is C=IN(C)[I-]C(=N)CCCC. The van der Waals surface area contributed by atoms with Crippen LogP contribution < -0.4 is 21.5 Å². The molecule has 11 heavy (non-hydrogen) atoms. The van der Waals surface area contributed by atoms with E-state index in [1.807, 2.05) is 0 Å². The Kier molecular flexibility index (Phi) is 8.26. The second-order valence-corrected chi connectivity index (χ2v) is 9.32. The van der Waals surface area contributed by atoms with Gasteiger partial charge in [0.15, 0.2) is 0 Å². The number of hydrogen-bond donors (Lipinski definition) is 1. The first-order chi connectivity index (χ1) is 5.20. The Morgan fingerprint density at radius 3 is 2.82 bits per heavy atom. The van der Waals surface area contributed by atoms with Crippen LogP contribution in [0.2, 0.25) is 0 Å². The van der Waals surface area contributed by atoms with Crippen molar-refractivity contribution < 1.29 is 21.5 Å². The van der Waals surface area contributed by atoms with Gasteiger partial charge < -0.3 is 0 Å². The number of nitrogens with zero attached hydrogens (tertiary/aromatic N) is 1. The summed E-state index contributed by atoms with van der Waals surface area (Å²) in [5.74, 6) is 0. The van der Waals surface area contributed by atoms with E-state index in [1.165, 1.54) is 12.8 Å². The molecule has 0 aromatic heterocycles. The molecule has 68 valence electrons. The van der Waals surface area contributed by atoms with Crippen molar-refractivity contribution in [3.63, 3.8) is 0 Å². The van der Waals surface area contributed by atoms with Crippen molar-refractivity contribution in [1.29, 1.82) is 5.41 Å². The molecule has 0 fully saturated rings. The van der Waals surface area contributed by atoms with E-state index in [4.69, 9.17) is 5.41 Å². The molecule has 0 aliphatic carbocycles. The van der Waals surface area contributed by atoms with E-state index in [1.54, 1.807) is 0 Å². The molecule has 0 aromatic carbocycles. The number of rotatable bonds is 6. The summed E-state index contributed by atoms with van der Waals surface area (Å²) in [6.45, 7) is 2.17. The summed E-state index contributed by atoms with van der Waals surface area (Å²) in [5.41, 5.74) is 0. The number of nitrogens with one attached hydrogen (secondary N) is 1. The minimum absolute atomic E-state index is 0.0135. The van der Waals surface area contributed by atoms with Crippen LogP contribution in [0.1, 0.15) is 26.2 Å². The van der Waals surface area contributed by atoms with Crippen molar-refractivity contribution in [3.05, 3.63) is 0 Å². The van der Waals surface area contributed by atoms with Crippen LogP contribution in [0.4, 0.5) is 0 Å². The molecular formula is C7H15I2N2-. The molecule has 0 heterocycles. The van der Waals surface area contributed by atoms with Crippen LogP contribution in [0.3, 0.4) is 0 Å². The van der Waals surface area contributed by atoms with Crippen molar-refractivity contribution >= 4 is 29.2 Å². The minimum atomic E-state index is -0.110. The molecule has 0 aliphatic rings. The third-order valence-corrected chi connectivity index (χ3v) is 6.81. The molecule has 0 atom stereocenters. The van der Waals surface area contributed by atoms with E-state index in [2.05, 4.69) is 19.8 Å². The van der Waals surface area contributed by atoms with Gasteiger partial charge in [-0.05, 0) is 0 Å². The van der Waals surface area contributed by atoms with Gasteiger partial charge in [-0.1, -0.05) is 0 Å². The zero-order chi connectivity index (χ0) is 8.69. The van der Waals surface area contributed by atoms with Crippen LogP contribution in [-0.4, -0.2) is 16.6 Å².